The number of hydrogen-bond acceptors (Lipinski definition) is 10. The van der Waals surface area contributed by atoms with Crippen molar-refractivity contribution in [1.82, 2.24) is 4.57 Å². The lowest BCUT2D eigenvalue weighted by molar-refractivity contribution is -0.139. The van der Waals surface area contributed by atoms with Crippen LogP contribution in [0.15, 0.2) is 81.7 Å². The minimum absolute atomic E-state index is 0.150. The van der Waals surface area contributed by atoms with E-state index in [2.05, 4.69) is 10.3 Å². The predicted molar refractivity (Wildman–Crippen MR) is 183 cm³/mol. The lowest BCUT2D eigenvalue weighted by atomic mass is 9.94. The summed E-state index contributed by atoms with van der Waals surface area (Å²) in [5.41, 5.74) is 1.97. The van der Waals surface area contributed by atoms with Gasteiger partial charge < -0.3 is 29.0 Å². The fraction of sp³-hybridized carbons (Fsp3) is 0.257. The lowest BCUT2D eigenvalue weighted by Gasteiger charge is -2.26. The number of esters is 1. The second-order valence-corrected chi connectivity index (χ2v) is 11.8. The summed E-state index contributed by atoms with van der Waals surface area (Å²) in [6.45, 7) is 5.48. The highest BCUT2D eigenvalue weighted by Crippen LogP contribution is 2.41. The number of carbonyl (C=O) groups is 2. The average molecular weight is 692 g/mol. The summed E-state index contributed by atoms with van der Waals surface area (Å²) in [6, 6.07) is 16.4. The fourth-order valence-corrected chi connectivity index (χ4v) is 6.46. The molecular weight excluding hydrogens is 658 g/mol. The SMILES string of the molecule is CCOC(=O)C1=C(C)N=c2s/c(=C/c3ccc(OCC(=O)Nc4ccccc4Cl)c(OC)c3)c(=O)n2[C@@H]1c1cccc(OC)c1OCC. The van der Waals surface area contributed by atoms with E-state index in [4.69, 9.17) is 35.3 Å². The molecule has 0 saturated carbocycles. The van der Waals surface area contributed by atoms with Crippen LogP contribution in [0.1, 0.15) is 37.9 Å². The van der Waals surface area contributed by atoms with Gasteiger partial charge in [-0.05, 0) is 62.7 Å². The summed E-state index contributed by atoms with van der Waals surface area (Å²) in [4.78, 5) is 45.1. The number of aromatic nitrogens is 1. The molecule has 0 saturated heterocycles. The first-order chi connectivity index (χ1) is 23.2. The number of amides is 1. The number of halogens is 1. The Balaban J connectivity index is 1.52. The monoisotopic (exact) mass is 691 g/mol. The van der Waals surface area contributed by atoms with Crippen molar-refractivity contribution in [3.8, 4) is 23.0 Å². The molecule has 0 unspecified atom stereocenters. The largest absolute Gasteiger partial charge is 0.493 e. The van der Waals surface area contributed by atoms with Gasteiger partial charge in [-0.3, -0.25) is 14.2 Å². The maximum Gasteiger partial charge on any atom is 0.338 e. The van der Waals surface area contributed by atoms with Crippen molar-refractivity contribution in [3.63, 3.8) is 0 Å². The maximum absolute atomic E-state index is 14.2. The number of nitrogens with zero attached hydrogens (tertiary/aromatic N) is 2. The molecule has 5 rings (SSSR count). The highest BCUT2D eigenvalue weighted by molar-refractivity contribution is 7.07. The third kappa shape index (κ3) is 7.09. The Labute approximate surface area is 285 Å². The van der Waals surface area contributed by atoms with Crippen molar-refractivity contribution in [2.24, 2.45) is 4.99 Å². The van der Waals surface area contributed by atoms with Crippen molar-refractivity contribution in [3.05, 3.63) is 108 Å². The van der Waals surface area contributed by atoms with Gasteiger partial charge in [-0.2, -0.15) is 0 Å². The minimum Gasteiger partial charge on any atom is -0.493 e. The van der Waals surface area contributed by atoms with E-state index in [-0.39, 0.29) is 24.3 Å². The van der Waals surface area contributed by atoms with Gasteiger partial charge in [0, 0.05) is 5.56 Å². The molecule has 48 heavy (non-hydrogen) atoms. The zero-order chi connectivity index (χ0) is 34.4. The van der Waals surface area contributed by atoms with Gasteiger partial charge in [-0.25, -0.2) is 9.79 Å². The number of ether oxygens (including phenoxy) is 5. The van der Waals surface area contributed by atoms with Crippen LogP contribution in [0.2, 0.25) is 5.02 Å². The number of allylic oxidation sites excluding steroid dienone is 1. The highest BCUT2D eigenvalue weighted by atomic mass is 35.5. The Hall–Kier alpha value is -5.07. The average Bonchev–Trinajstić information content (AvgIpc) is 3.38. The van der Waals surface area contributed by atoms with Crippen LogP contribution >= 0.6 is 22.9 Å². The van der Waals surface area contributed by atoms with E-state index in [1.165, 1.54) is 30.1 Å². The lowest BCUT2D eigenvalue weighted by Crippen LogP contribution is -2.40. The summed E-state index contributed by atoms with van der Waals surface area (Å²) in [5, 5.41) is 3.12. The Bertz CT molecular complexity index is 2070. The van der Waals surface area contributed by atoms with Crippen LogP contribution in [0.5, 0.6) is 23.0 Å². The molecule has 11 nitrogen and oxygen atoms in total. The number of benzene rings is 3. The molecule has 13 heteroatoms. The third-order valence-corrected chi connectivity index (χ3v) is 8.63. The van der Waals surface area contributed by atoms with E-state index >= 15 is 0 Å². The van der Waals surface area contributed by atoms with E-state index in [1.807, 2.05) is 6.92 Å². The molecule has 0 bridgehead atoms. The molecule has 250 valence electrons. The zero-order valence-electron chi connectivity index (χ0n) is 27.0. The third-order valence-electron chi connectivity index (χ3n) is 7.32. The van der Waals surface area contributed by atoms with Gasteiger partial charge in [-0.15, -0.1) is 0 Å². The van der Waals surface area contributed by atoms with Gasteiger partial charge in [-0.1, -0.05) is 53.3 Å². The van der Waals surface area contributed by atoms with Gasteiger partial charge in [0.1, 0.15) is 6.04 Å². The van der Waals surface area contributed by atoms with Crippen molar-refractivity contribution >= 4 is 46.6 Å². The molecule has 1 atom stereocenters. The van der Waals surface area contributed by atoms with Crippen molar-refractivity contribution < 1.29 is 33.3 Å². The van der Waals surface area contributed by atoms with Gasteiger partial charge in [0.2, 0.25) is 0 Å². The number of fused-ring (bicyclic) bond motifs is 1. The predicted octanol–water partition coefficient (Wildman–Crippen LogP) is 4.89. The molecule has 1 N–H and O–H groups in total. The van der Waals surface area contributed by atoms with Gasteiger partial charge in [0.15, 0.2) is 34.4 Å². The highest BCUT2D eigenvalue weighted by Gasteiger charge is 2.36. The number of rotatable bonds is 12. The topological polar surface area (TPSA) is 127 Å². The van der Waals surface area contributed by atoms with Crippen LogP contribution in [-0.2, 0) is 14.3 Å². The summed E-state index contributed by atoms with van der Waals surface area (Å²) in [7, 11) is 3.01. The number of methoxy groups -OCH3 is 2. The van der Waals surface area contributed by atoms with Crippen molar-refractivity contribution in [1.29, 1.82) is 0 Å². The van der Waals surface area contributed by atoms with Gasteiger partial charge in [0.05, 0.1) is 53.9 Å². The Morgan fingerprint density at radius 2 is 1.75 bits per heavy atom. The summed E-state index contributed by atoms with van der Waals surface area (Å²) < 4.78 is 30.1. The number of thiazole rings is 1. The Morgan fingerprint density at radius 3 is 2.46 bits per heavy atom. The second-order valence-electron chi connectivity index (χ2n) is 10.3. The first kappa shape index (κ1) is 34.3. The Kier molecular flexibility index (Phi) is 10.9. The first-order valence-corrected chi connectivity index (χ1v) is 16.2. The van der Waals surface area contributed by atoms with E-state index in [0.717, 1.165) is 0 Å². The minimum atomic E-state index is -0.888. The van der Waals surface area contributed by atoms with Crippen LogP contribution < -0.4 is 39.2 Å². The molecule has 2 heterocycles. The number of nitrogens with one attached hydrogen (secondary N) is 1. The van der Waals surface area contributed by atoms with Crippen molar-refractivity contribution in [2.45, 2.75) is 26.8 Å². The molecule has 1 amide bonds. The molecule has 1 aromatic heterocycles. The van der Waals surface area contributed by atoms with E-state index < -0.39 is 17.9 Å². The summed E-state index contributed by atoms with van der Waals surface area (Å²) in [6.07, 6.45) is 1.70. The Morgan fingerprint density at radius 1 is 0.979 bits per heavy atom. The fourth-order valence-electron chi connectivity index (χ4n) is 5.23. The molecule has 0 fully saturated rings. The van der Waals surface area contributed by atoms with Crippen molar-refractivity contribution in [2.75, 3.05) is 39.4 Å². The summed E-state index contributed by atoms with van der Waals surface area (Å²) >= 11 is 7.32. The molecule has 0 aliphatic carbocycles. The van der Waals surface area contributed by atoms with Crippen LogP contribution in [-0.4, -0.2) is 50.5 Å². The van der Waals surface area contributed by atoms with Crippen LogP contribution in [0, 0.1) is 0 Å². The number of carbonyl (C=O) groups excluding carboxylic acids is 2. The normalized spacial score (nSPS) is 14.1. The second kappa shape index (κ2) is 15.2. The van der Waals surface area contributed by atoms with Crippen LogP contribution in [0.4, 0.5) is 5.69 Å². The number of para-hydroxylation sites is 2. The molecule has 4 aromatic rings. The van der Waals surface area contributed by atoms with E-state index in [9.17, 15) is 14.4 Å². The number of anilines is 1. The van der Waals surface area contributed by atoms with Gasteiger partial charge >= 0.3 is 5.97 Å². The zero-order valence-corrected chi connectivity index (χ0v) is 28.6. The molecule has 1 aliphatic rings. The standard InChI is InChI=1S/C35H34ClN3O8S/c1-6-45-32-22(11-10-14-26(32)43-4)31-30(34(42)46-7-2)20(3)37-35-39(31)33(41)28(48-35)18-21-15-16-25(27(17-21)44-5)47-19-29(40)38-24-13-9-8-12-23(24)36/h8-18,31H,6-7,19H2,1-5H3,(H,38,40)/b28-18+/t31-/m1/s1. The molecule has 0 radical (unpaired) electrons. The van der Waals surface area contributed by atoms with Gasteiger partial charge in [0.25, 0.3) is 11.5 Å². The van der Waals surface area contributed by atoms with Crippen LogP contribution in [0.3, 0.4) is 0 Å². The smallest absolute Gasteiger partial charge is 0.338 e. The quantitative estimate of drug-likeness (QED) is 0.208. The molecule has 1 aliphatic heterocycles. The first-order valence-electron chi connectivity index (χ1n) is 15.0. The maximum atomic E-state index is 14.2. The summed E-state index contributed by atoms with van der Waals surface area (Å²) in [5.74, 6) is 0.597. The molecule has 0 spiro atoms. The van der Waals surface area contributed by atoms with E-state index in [1.54, 1.807) is 80.6 Å². The van der Waals surface area contributed by atoms with E-state index in [0.29, 0.717) is 66.5 Å². The number of hydrogen-bond donors (Lipinski definition) is 1. The molecule has 3 aromatic carbocycles. The van der Waals surface area contributed by atoms with Crippen LogP contribution in [0.25, 0.3) is 6.08 Å². The molecular formula is C35H34ClN3O8S.